The number of rotatable bonds is 6. The Kier molecular flexibility index (Phi) is 4.74. The lowest BCUT2D eigenvalue weighted by atomic mass is 10.1. The first-order valence-electron chi connectivity index (χ1n) is 8.02. The molecule has 0 saturated carbocycles. The van der Waals surface area contributed by atoms with E-state index in [0.29, 0.717) is 12.2 Å². The number of aryl methyl sites for hydroxylation is 3. The number of hydrogen-bond donors (Lipinski definition) is 2. The largest absolute Gasteiger partial charge is 0.351 e. The van der Waals surface area contributed by atoms with Crippen LogP contribution in [-0.2, 0) is 6.54 Å². The van der Waals surface area contributed by atoms with E-state index in [-0.39, 0.29) is 5.91 Å². The summed E-state index contributed by atoms with van der Waals surface area (Å²) in [6, 6.07) is 11.8. The quantitative estimate of drug-likeness (QED) is 0.685. The van der Waals surface area contributed by atoms with Crippen LogP contribution in [0.4, 0.5) is 0 Å². The fourth-order valence-electron chi connectivity index (χ4n) is 2.47. The van der Waals surface area contributed by atoms with Crippen molar-refractivity contribution >= 4 is 5.91 Å². The second-order valence-corrected chi connectivity index (χ2v) is 5.84. The van der Waals surface area contributed by atoms with E-state index in [1.54, 1.807) is 12.3 Å². The molecule has 1 amide bonds. The van der Waals surface area contributed by atoms with Gasteiger partial charge in [0.05, 0.1) is 5.69 Å². The average Bonchev–Trinajstić information content (AvgIpc) is 3.22. The van der Waals surface area contributed by atoms with Crippen molar-refractivity contribution in [3.8, 4) is 11.3 Å². The molecule has 3 aromatic rings. The third-order valence-electron chi connectivity index (χ3n) is 3.93. The molecule has 2 heterocycles. The Bertz CT molecular complexity index is 816. The summed E-state index contributed by atoms with van der Waals surface area (Å²) in [4.78, 5) is 12.2. The van der Waals surface area contributed by atoms with E-state index in [1.807, 2.05) is 48.9 Å². The van der Waals surface area contributed by atoms with Gasteiger partial charge in [-0.1, -0.05) is 29.8 Å². The molecule has 2 N–H and O–H groups in total. The van der Waals surface area contributed by atoms with E-state index in [4.69, 9.17) is 0 Å². The highest BCUT2D eigenvalue weighted by Crippen LogP contribution is 2.18. The fraction of sp³-hybridized carbons (Fsp3) is 0.278. The van der Waals surface area contributed by atoms with E-state index >= 15 is 0 Å². The molecule has 24 heavy (non-hydrogen) atoms. The Morgan fingerprint density at radius 3 is 2.71 bits per heavy atom. The maximum atomic E-state index is 12.2. The van der Waals surface area contributed by atoms with Gasteiger partial charge in [0.2, 0.25) is 0 Å². The normalized spacial score (nSPS) is 10.8. The highest BCUT2D eigenvalue weighted by Gasteiger charge is 2.10. The van der Waals surface area contributed by atoms with E-state index < -0.39 is 0 Å². The first-order valence-corrected chi connectivity index (χ1v) is 8.02. The maximum Gasteiger partial charge on any atom is 0.269 e. The molecule has 0 saturated heterocycles. The standard InChI is InChI=1S/C18H21N5O/c1-13-4-6-15(7-5-13)16-12-17(22-21-16)18(24)19-9-3-11-23-14(2)8-10-20-23/h4-8,10,12H,3,9,11H2,1-2H3,(H,19,24)(H,21,22). The molecule has 0 atom stereocenters. The molecular formula is C18H21N5O. The van der Waals surface area contributed by atoms with E-state index in [9.17, 15) is 4.79 Å². The molecule has 2 aromatic heterocycles. The molecule has 0 spiro atoms. The molecule has 0 radical (unpaired) electrons. The highest BCUT2D eigenvalue weighted by atomic mass is 16.1. The van der Waals surface area contributed by atoms with Crippen molar-refractivity contribution < 1.29 is 4.79 Å². The van der Waals surface area contributed by atoms with Gasteiger partial charge in [0, 0.05) is 30.5 Å². The number of carbonyl (C=O) groups excluding carboxylic acids is 1. The maximum absolute atomic E-state index is 12.2. The molecule has 0 bridgehead atoms. The molecular weight excluding hydrogens is 302 g/mol. The Hall–Kier alpha value is -2.89. The lowest BCUT2D eigenvalue weighted by molar-refractivity contribution is 0.0947. The number of aromatic amines is 1. The third-order valence-corrected chi connectivity index (χ3v) is 3.93. The number of nitrogens with zero attached hydrogens (tertiary/aromatic N) is 3. The van der Waals surface area contributed by atoms with Gasteiger partial charge in [-0.05, 0) is 32.4 Å². The lowest BCUT2D eigenvalue weighted by Gasteiger charge is -2.05. The van der Waals surface area contributed by atoms with E-state index in [0.717, 1.165) is 29.9 Å². The minimum Gasteiger partial charge on any atom is -0.351 e. The predicted molar refractivity (Wildman–Crippen MR) is 92.7 cm³/mol. The summed E-state index contributed by atoms with van der Waals surface area (Å²) in [6.45, 7) is 5.44. The van der Waals surface area contributed by atoms with Crippen LogP contribution >= 0.6 is 0 Å². The molecule has 0 fully saturated rings. The van der Waals surface area contributed by atoms with Crippen molar-refractivity contribution in [2.75, 3.05) is 6.54 Å². The van der Waals surface area contributed by atoms with Gasteiger partial charge in [-0.15, -0.1) is 0 Å². The monoisotopic (exact) mass is 323 g/mol. The molecule has 6 heteroatoms. The lowest BCUT2D eigenvalue weighted by Crippen LogP contribution is -2.25. The number of nitrogens with one attached hydrogen (secondary N) is 2. The van der Waals surface area contributed by atoms with Crippen molar-refractivity contribution in [1.82, 2.24) is 25.3 Å². The van der Waals surface area contributed by atoms with Gasteiger partial charge < -0.3 is 5.32 Å². The van der Waals surface area contributed by atoms with Crippen molar-refractivity contribution in [2.45, 2.75) is 26.8 Å². The molecule has 0 unspecified atom stereocenters. The SMILES string of the molecule is Cc1ccc(-c2cc(C(=O)NCCCn3nccc3C)[nH]n2)cc1. The van der Waals surface area contributed by atoms with Crippen LogP contribution in [0.5, 0.6) is 0 Å². The zero-order valence-electron chi connectivity index (χ0n) is 13.9. The van der Waals surface area contributed by atoms with E-state index in [1.165, 1.54) is 5.56 Å². The van der Waals surface area contributed by atoms with Gasteiger partial charge in [0.1, 0.15) is 5.69 Å². The molecule has 0 aliphatic carbocycles. The molecule has 6 nitrogen and oxygen atoms in total. The Morgan fingerprint density at radius 2 is 2.00 bits per heavy atom. The third kappa shape index (κ3) is 3.71. The summed E-state index contributed by atoms with van der Waals surface area (Å²) in [5.74, 6) is -0.141. The van der Waals surface area contributed by atoms with Crippen molar-refractivity contribution in [3.05, 3.63) is 59.5 Å². The molecule has 1 aromatic carbocycles. The first kappa shape index (κ1) is 16.0. The second kappa shape index (κ2) is 7.12. The van der Waals surface area contributed by atoms with Crippen LogP contribution in [0.15, 0.2) is 42.6 Å². The zero-order valence-corrected chi connectivity index (χ0v) is 13.9. The zero-order chi connectivity index (χ0) is 16.9. The van der Waals surface area contributed by atoms with Crippen LogP contribution in [0.1, 0.15) is 28.2 Å². The van der Waals surface area contributed by atoms with Crippen LogP contribution < -0.4 is 5.32 Å². The van der Waals surface area contributed by atoms with Crippen LogP contribution in [0.2, 0.25) is 0 Å². The summed E-state index contributed by atoms with van der Waals surface area (Å²) in [5, 5.41) is 14.1. The topological polar surface area (TPSA) is 75.6 Å². The average molecular weight is 323 g/mol. The number of hydrogen-bond acceptors (Lipinski definition) is 3. The highest BCUT2D eigenvalue weighted by molar-refractivity contribution is 5.93. The predicted octanol–water partition coefficient (Wildman–Crippen LogP) is 2.71. The van der Waals surface area contributed by atoms with Crippen LogP contribution in [-0.4, -0.2) is 32.4 Å². The van der Waals surface area contributed by atoms with Gasteiger partial charge >= 0.3 is 0 Å². The molecule has 0 aliphatic heterocycles. The smallest absolute Gasteiger partial charge is 0.269 e. The minimum absolute atomic E-state index is 0.141. The summed E-state index contributed by atoms with van der Waals surface area (Å²) in [7, 11) is 0. The second-order valence-electron chi connectivity index (χ2n) is 5.84. The van der Waals surface area contributed by atoms with Crippen LogP contribution in [0, 0.1) is 13.8 Å². The van der Waals surface area contributed by atoms with E-state index in [2.05, 4.69) is 20.6 Å². The Labute approximate surface area is 140 Å². The number of benzene rings is 1. The molecule has 124 valence electrons. The van der Waals surface area contributed by atoms with Gasteiger partial charge in [0.15, 0.2) is 0 Å². The summed E-state index contributed by atoms with van der Waals surface area (Å²) in [6.07, 6.45) is 2.61. The first-order chi connectivity index (χ1) is 11.6. The van der Waals surface area contributed by atoms with Gasteiger partial charge in [-0.25, -0.2) is 0 Å². The van der Waals surface area contributed by atoms with Crippen molar-refractivity contribution in [1.29, 1.82) is 0 Å². The van der Waals surface area contributed by atoms with Crippen molar-refractivity contribution in [3.63, 3.8) is 0 Å². The van der Waals surface area contributed by atoms with Crippen molar-refractivity contribution in [2.24, 2.45) is 0 Å². The fourth-order valence-corrected chi connectivity index (χ4v) is 2.47. The summed E-state index contributed by atoms with van der Waals surface area (Å²) < 4.78 is 1.93. The number of amides is 1. The summed E-state index contributed by atoms with van der Waals surface area (Å²) >= 11 is 0. The minimum atomic E-state index is -0.141. The Balaban J connectivity index is 1.52. The van der Waals surface area contributed by atoms with Gasteiger partial charge in [0.25, 0.3) is 5.91 Å². The molecule has 3 rings (SSSR count). The number of carbonyl (C=O) groups is 1. The molecule has 0 aliphatic rings. The van der Waals surface area contributed by atoms with Crippen LogP contribution in [0.25, 0.3) is 11.3 Å². The summed E-state index contributed by atoms with van der Waals surface area (Å²) in [5.41, 5.74) is 4.55. The number of H-pyrrole nitrogens is 1. The van der Waals surface area contributed by atoms with Crippen LogP contribution in [0.3, 0.4) is 0 Å². The number of aromatic nitrogens is 4. The van der Waals surface area contributed by atoms with Gasteiger partial charge in [-0.3, -0.25) is 14.6 Å². The van der Waals surface area contributed by atoms with Gasteiger partial charge in [-0.2, -0.15) is 10.2 Å². The Morgan fingerprint density at radius 1 is 1.21 bits per heavy atom.